The first-order chi connectivity index (χ1) is 8.58. The molecule has 1 amide bonds. The second-order valence-electron chi connectivity index (χ2n) is 5.37. The molecule has 102 valence electrons. The Bertz CT molecular complexity index is 324. The van der Waals surface area contributed by atoms with Gasteiger partial charge in [0, 0.05) is 32.1 Å². The van der Waals surface area contributed by atoms with Gasteiger partial charge in [-0.05, 0) is 32.2 Å². The first kappa shape index (κ1) is 13.3. The molecule has 1 N–H and O–H groups in total. The van der Waals surface area contributed by atoms with Gasteiger partial charge in [-0.25, -0.2) is 0 Å². The van der Waals surface area contributed by atoms with Crippen molar-refractivity contribution in [1.82, 2.24) is 9.80 Å². The van der Waals surface area contributed by atoms with Crippen molar-refractivity contribution in [2.45, 2.75) is 51.1 Å². The van der Waals surface area contributed by atoms with Crippen LogP contribution in [0.15, 0.2) is 0 Å². The Kier molecular flexibility index (Phi) is 4.22. The fraction of sp³-hybridized carbons (Fsp3) is 0.846. The topological polar surface area (TPSA) is 60.9 Å². The van der Waals surface area contributed by atoms with Gasteiger partial charge < -0.3 is 10.0 Å². The number of carbonyl (C=O) groups is 2. The first-order valence-corrected chi connectivity index (χ1v) is 6.81. The number of nitrogens with zero attached hydrogens (tertiary/aromatic N) is 2. The molecule has 2 aliphatic rings. The molecular weight excluding hydrogens is 232 g/mol. The zero-order valence-corrected chi connectivity index (χ0v) is 11.0. The van der Waals surface area contributed by atoms with Crippen molar-refractivity contribution >= 4 is 11.9 Å². The molecule has 2 fully saturated rings. The van der Waals surface area contributed by atoms with Crippen LogP contribution in [0, 0.1) is 0 Å². The van der Waals surface area contributed by atoms with Gasteiger partial charge in [0.15, 0.2) is 0 Å². The van der Waals surface area contributed by atoms with E-state index in [0.29, 0.717) is 6.04 Å². The maximum absolute atomic E-state index is 11.3. The molecule has 0 radical (unpaired) electrons. The number of carbonyl (C=O) groups excluding carboxylic acids is 1. The Morgan fingerprint density at radius 1 is 1.17 bits per heavy atom. The molecule has 0 aromatic carbocycles. The molecule has 0 aromatic rings. The van der Waals surface area contributed by atoms with Crippen molar-refractivity contribution < 1.29 is 14.7 Å². The fourth-order valence-corrected chi connectivity index (χ4v) is 3.27. The second kappa shape index (κ2) is 5.69. The zero-order valence-electron chi connectivity index (χ0n) is 11.0. The van der Waals surface area contributed by atoms with E-state index in [4.69, 9.17) is 5.11 Å². The molecule has 18 heavy (non-hydrogen) atoms. The summed E-state index contributed by atoms with van der Waals surface area (Å²) in [5.41, 5.74) is 0. The van der Waals surface area contributed by atoms with Crippen LogP contribution in [-0.2, 0) is 9.59 Å². The van der Waals surface area contributed by atoms with Crippen LogP contribution in [0.5, 0.6) is 0 Å². The number of rotatable bonds is 3. The lowest BCUT2D eigenvalue weighted by molar-refractivity contribution is -0.138. The van der Waals surface area contributed by atoms with E-state index < -0.39 is 5.97 Å². The molecular formula is C13H22N2O3. The fourth-order valence-electron chi connectivity index (χ4n) is 3.27. The van der Waals surface area contributed by atoms with Crippen molar-refractivity contribution in [3.05, 3.63) is 0 Å². The van der Waals surface area contributed by atoms with E-state index in [1.807, 2.05) is 4.90 Å². The van der Waals surface area contributed by atoms with E-state index in [0.717, 1.165) is 45.3 Å². The van der Waals surface area contributed by atoms with Gasteiger partial charge in [-0.3, -0.25) is 14.5 Å². The number of aliphatic carboxylic acids is 1. The van der Waals surface area contributed by atoms with Gasteiger partial charge in [0.05, 0.1) is 6.42 Å². The van der Waals surface area contributed by atoms with Gasteiger partial charge in [0.25, 0.3) is 0 Å². The number of likely N-dealkylation sites (tertiary alicyclic amines) is 2. The van der Waals surface area contributed by atoms with Gasteiger partial charge in [-0.15, -0.1) is 0 Å². The van der Waals surface area contributed by atoms with Crippen molar-refractivity contribution in [2.24, 2.45) is 0 Å². The highest BCUT2D eigenvalue weighted by Gasteiger charge is 2.34. The van der Waals surface area contributed by atoms with E-state index in [1.165, 1.54) is 0 Å². The molecule has 2 aliphatic heterocycles. The van der Waals surface area contributed by atoms with E-state index in [-0.39, 0.29) is 18.4 Å². The van der Waals surface area contributed by atoms with Gasteiger partial charge in [0.2, 0.25) is 5.91 Å². The number of carboxylic acids is 1. The third-order valence-electron chi connectivity index (χ3n) is 4.21. The molecule has 2 saturated heterocycles. The zero-order chi connectivity index (χ0) is 13.1. The molecule has 1 unspecified atom stereocenters. The summed E-state index contributed by atoms with van der Waals surface area (Å²) in [7, 11) is 0. The molecule has 1 atom stereocenters. The Hall–Kier alpha value is -1.10. The monoisotopic (exact) mass is 254 g/mol. The molecule has 0 spiro atoms. The minimum absolute atomic E-state index is 0.150. The lowest BCUT2D eigenvalue weighted by Gasteiger charge is -2.38. The van der Waals surface area contributed by atoms with Gasteiger partial charge in [0.1, 0.15) is 0 Å². The SMILES string of the molecule is CC(=O)N1CCC(N2CCCC2CC(=O)O)CC1. The predicted octanol–water partition coefficient (Wildman–Crippen LogP) is 0.936. The van der Waals surface area contributed by atoms with Crippen LogP contribution >= 0.6 is 0 Å². The lowest BCUT2D eigenvalue weighted by Crippen LogP contribution is -2.48. The quantitative estimate of drug-likeness (QED) is 0.814. The Morgan fingerprint density at radius 3 is 2.39 bits per heavy atom. The summed E-state index contributed by atoms with van der Waals surface area (Å²) >= 11 is 0. The smallest absolute Gasteiger partial charge is 0.304 e. The Morgan fingerprint density at radius 2 is 1.83 bits per heavy atom. The van der Waals surface area contributed by atoms with Crippen LogP contribution in [-0.4, -0.2) is 58.5 Å². The molecule has 5 nitrogen and oxygen atoms in total. The second-order valence-corrected chi connectivity index (χ2v) is 5.37. The number of hydrogen-bond donors (Lipinski definition) is 1. The van der Waals surface area contributed by atoms with Crippen LogP contribution in [0.3, 0.4) is 0 Å². The molecule has 0 bridgehead atoms. The maximum Gasteiger partial charge on any atom is 0.304 e. The van der Waals surface area contributed by atoms with Crippen LogP contribution in [0.1, 0.15) is 39.0 Å². The predicted molar refractivity (Wildman–Crippen MR) is 67.3 cm³/mol. The first-order valence-electron chi connectivity index (χ1n) is 6.81. The third-order valence-corrected chi connectivity index (χ3v) is 4.21. The number of amides is 1. The normalized spacial score (nSPS) is 26.5. The van der Waals surface area contributed by atoms with Crippen molar-refractivity contribution in [2.75, 3.05) is 19.6 Å². The highest BCUT2D eigenvalue weighted by atomic mass is 16.4. The van der Waals surface area contributed by atoms with Crippen molar-refractivity contribution in [3.63, 3.8) is 0 Å². The molecule has 0 aliphatic carbocycles. The lowest BCUT2D eigenvalue weighted by atomic mass is 10.0. The minimum atomic E-state index is -0.701. The van der Waals surface area contributed by atoms with Crippen LogP contribution in [0.4, 0.5) is 0 Å². The van der Waals surface area contributed by atoms with E-state index in [2.05, 4.69) is 4.90 Å². The molecule has 5 heteroatoms. The van der Waals surface area contributed by atoms with Gasteiger partial charge in [-0.2, -0.15) is 0 Å². The van der Waals surface area contributed by atoms with Gasteiger partial charge >= 0.3 is 5.97 Å². The van der Waals surface area contributed by atoms with Crippen LogP contribution in [0.2, 0.25) is 0 Å². The van der Waals surface area contributed by atoms with Gasteiger partial charge in [-0.1, -0.05) is 0 Å². The molecule has 0 saturated carbocycles. The summed E-state index contributed by atoms with van der Waals surface area (Å²) in [5, 5.41) is 8.93. The summed E-state index contributed by atoms with van der Waals surface area (Å²) < 4.78 is 0. The van der Waals surface area contributed by atoms with Crippen molar-refractivity contribution in [3.8, 4) is 0 Å². The summed E-state index contributed by atoms with van der Waals surface area (Å²) in [6, 6.07) is 0.670. The highest BCUT2D eigenvalue weighted by molar-refractivity contribution is 5.73. The van der Waals surface area contributed by atoms with E-state index in [1.54, 1.807) is 6.92 Å². The molecule has 2 heterocycles. The third kappa shape index (κ3) is 3.02. The average Bonchev–Trinajstić information content (AvgIpc) is 2.76. The minimum Gasteiger partial charge on any atom is -0.481 e. The summed E-state index contributed by atoms with van der Waals surface area (Å²) in [4.78, 5) is 26.4. The van der Waals surface area contributed by atoms with E-state index >= 15 is 0 Å². The van der Waals surface area contributed by atoms with Crippen LogP contribution in [0.25, 0.3) is 0 Å². The number of carboxylic acid groups (broad SMARTS) is 1. The van der Waals surface area contributed by atoms with E-state index in [9.17, 15) is 9.59 Å². The van der Waals surface area contributed by atoms with Crippen LogP contribution < -0.4 is 0 Å². The summed E-state index contributed by atoms with van der Waals surface area (Å²) in [6.07, 6.45) is 4.32. The Balaban J connectivity index is 1.88. The largest absolute Gasteiger partial charge is 0.481 e. The number of hydrogen-bond acceptors (Lipinski definition) is 3. The summed E-state index contributed by atoms with van der Waals surface area (Å²) in [6.45, 7) is 4.26. The molecule has 2 rings (SSSR count). The Labute approximate surface area is 108 Å². The summed E-state index contributed by atoms with van der Waals surface area (Å²) in [5.74, 6) is -0.551. The maximum atomic E-state index is 11.3. The standard InChI is InChI=1S/C13H22N2O3/c1-10(16)14-7-4-11(5-8-14)15-6-2-3-12(15)9-13(17)18/h11-12H,2-9H2,1H3,(H,17,18). The van der Waals surface area contributed by atoms with Crippen molar-refractivity contribution in [1.29, 1.82) is 0 Å². The molecule has 0 aromatic heterocycles. The number of piperidine rings is 1. The average molecular weight is 254 g/mol. The highest BCUT2D eigenvalue weighted by Crippen LogP contribution is 2.27.